The predicted octanol–water partition coefficient (Wildman–Crippen LogP) is 7.40. The summed E-state index contributed by atoms with van der Waals surface area (Å²) < 4.78 is 21.7. The van der Waals surface area contributed by atoms with E-state index < -0.39 is 29.8 Å². The molecule has 1 unspecified atom stereocenters. The highest BCUT2D eigenvalue weighted by atomic mass is 31.2. The van der Waals surface area contributed by atoms with Gasteiger partial charge in [-0.05, 0) is 76.5 Å². The van der Waals surface area contributed by atoms with Crippen molar-refractivity contribution in [2.75, 3.05) is 7.05 Å². The number of hydrogen-bond acceptors (Lipinski definition) is 5. The Hall–Kier alpha value is -1.62. The van der Waals surface area contributed by atoms with Crippen molar-refractivity contribution < 1.29 is 13.9 Å². The monoisotopic (exact) mass is 505 g/mol. The first-order valence-corrected chi connectivity index (χ1v) is 19.8. The van der Waals surface area contributed by atoms with E-state index in [4.69, 9.17) is 13.4 Å². The third kappa shape index (κ3) is 5.91. The summed E-state index contributed by atoms with van der Waals surface area (Å²) in [6, 6.07) is 17.1. The van der Waals surface area contributed by atoms with Gasteiger partial charge in [0.25, 0.3) is 5.69 Å². The molecule has 0 amide bonds. The molecule has 0 aromatic heterocycles. The summed E-state index contributed by atoms with van der Waals surface area (Å²) in [5.41, 5.74) is 2.07. The number of nitro groups is 1. The molecule has 1 saturated heterocycles. The van der Waals surface area contributed by atoms with Crippen LogP contribution < -0.4 is 0 Å². The second kappa shape index (κ2) is 9.56. The Morgan fingerprint density at radius 1 is 1.06 bits per heavy atom. The lowest BCUT2D eigenvalue weighted by Crippen LogP contribution is -2.32. The molecule has 1 aliphatic heterocycles. The van der Waals surface area contributed by atoms with Crippen molar-refractivity contribution in [3.63, 3.8) is 0 Å². The van der Waals surface area contributed by atoms with Gasteiger partial charge in [-0.3, -0.25) is 10.1 Å². The van der Waals surface area contributed by atoms with Crippen LogP contribution in [-0.2, 0) is 8.95 Å². The van der Waals surface area contributed by atoms with Crippen LogP contribution in [0.15, 0.2) is 59.0 Å². The molecule has 0 saturated carbocycles. The molecule has 7 nitrogen and oxygen atoms in total. The van der Waals surface area contributed by atoms with Crippen LogP contribution in [0.1, 0.15) is 30.0 Å². The third-order valence-corrected chi connectivity index (χ3v) is 13.0. The quantitative estimate of drug-likeness (QED) is 0.169. The summed E-state index contributed by atoms with van der Waals surface area (Å²) in [5, 5.41) is 11.3. The standard InChI is InChI=1S/C23H36N3O4PSi2/c1-18-22(19-12-10-9-11-13-19)29-31(25(18)2,24-32(3,4)5)23(30-33(6,7)8)20-14-16-21(17-15-20)26(27)28/h9-18,22-23H,1-8H3/t18-,22-,23+,31?/m0/s1. The topological polar surface area (TPSA) is 77.2 Å². The minimum Gasteiger partial charge on any atom is -0.402 e. The molecule has 1 fully saturated rings. The van der Waals surface area contributed by atoms with E-state index in [2.05, 4.69) is 70.1 Å². The molecule has 4 atom stereocenters. The zero-order valence-electron chi connectivity index (χ0n) is 20.9. The van der Waals surface area contributed by atoms with E-state index in [-0.39, 0.29) is 22.8 Å². The van der Waals surface area contributed by atoms with E-state index in [1.165, 1.54) is 0 Å². The third-order valence-electron chi connectivity index (χ3n) is 5.48. The van der Waals surface area contributed by atoms with Crippen LogP contribution in [0, 0.1) is 10.1 Å². The molecular weight excluding hydrogens is 469 g/mol. The largest absolute Gasteiger partial charge is 0.402 e. The smallest absolute Gasteiger partial charge is 0.269 e. The van der Waals surface area contributed by atoms with Crippen LogP contribution in [0.5, 0.6) is 0 Å². The molecule has 0 N–H and O–H groups in total. The van der Waals surface area contributed by atoms with E-state index >= 15 is 0 Å². The molecule has 3 rings (SSSR count). The summed E-state index contributed by atoms with van der Waals surface area (Å²) in [5.74, 6) is -0.405. The molecule has 180 valence electrons. The summed E-state index contributed by atoms with van der Waals surface area (Å²) in [7, 11) is -4.55. The van der Waals surface area contributed by atoms with Crippen LogP contribution in [0.25, 0.3) is 0 Å². The number of nitrogens with zero attached hydrogens (tertiary/aromatic N) is 3. The molecule has 0 spiro atoms. The zero-order chi connectivity index (χ0) is 24.6. The lowest BCUT2D eigenvalue weighted by atomic mass is 10.0. The van der Waals surface area contributed by atoms with Crippen LogP contribution >= 0.6 is 7.43 Å². The summed E-state index contributed by atoms with van der Waals surface area (Å²) in [6.07, 6.45) is -0.129. The molecule has 2 aromatic carbocycles. The van der Waals surface area contributed by atoms with Crippen molar-refractivity contribution in [3.8, 4) is 0 Å². The molecule has 2 aromatic rings. The van der Waals surface area contributed by atoms with Crippen LogP contribution in [-0.4, -0.2) is 39.2 Å². The van der Waals surface area contributed by atoms with Crippen molar-refractivity contribution in [1.29, 1.82) is 0 Å². The molecule has 33 heavy (non-hydrogen) atoms. The van der Waals surface area contributed by atoms with Crippen LogP contribution in [0.4, 0.5) is 5.69 Å². The van der Waals surface area contributed by atoms with Crippen molar-refractivity contribution in [1.82, 2.24) is 4.67 Å². The van der Waals surface area contributed by atoms with Crippen molar-refractivity contribution >= 4 is 29.7 Å². The van der Waals surface area contributed by atoms with Crippen LogP contribution in [0.2, 0.25) is 39.3 Å². The van der Waals surface area contributed by atoms with Gasteiger partial charge in [0.2, 0.25) is 0 Å². The van der Waals surface area contributed by atoms with Crippen LogP contribution in [0.3, 0.4) is 0 Å². The normalized spacial score (nSPS) is 25.1. The Kier molecular flexibility index (Phi) is 7.53. The molecular formula is C23H36N3O4PSi2. The van der Waals surface area contributed by atoms with Crippen molar-refractivity contribution in [2.45, 2.75) is 64.2 Å². The molecule has 1 heterocycles. The maximum atomic E-state index is 11.3. The predicted molar refractivity (Wildman–Crippen MR) is 140 cm³/mol. The maximum Gasteiger partial charge on any atom is 0.269 e. The van der Waals surface area contributed by atoms with Gasteiger partial charge in [-0.1, -0.05) is 30.3 Å². The van der Waals surface area contributed by atoms with E-state index in [1.54, 1.807) is 12.1 Å². The van der Waals surface area contributed by atoms with Gasteiger partial charge in [0, 0.05) is 18.2 Å². The Morgan fingerprint density at radius 3 is 2.12 bits per heavy atom. The second-order valence-electron chi connectivity index (χ2n) is 10.5. The van der Waals surface area contributed by atoms with Crippen molar-refractivity contribution in [3.05, 3.63) is 75.8 Å². The Morgan fingerprint density at radius 2 is 1.64 bits per heavy atom. The molecule has 0 aliphatic carbocycles. The Bertz CT molecular complexity index is 1040. The molecule has 0 bridgehead atoms. The van der Waals surface area contributed by atoms with E-state index in [9.17, 15) is 10.1 Å². The Balaban J connectivity index is 2.22. The van der Waals surface area contributed by atoms with Gasteiger partial charge in [-0.2, -0.15) is 0 Å². The first-order valence-electron chi connectivity index (χ1n) is 11.3. The Labute approximate surface area is 199 Å². The number of benzene rings is 2. The van der Waals surface area contributed by atoms with Gasteiger partial charge in [0.15, 0.2) is 24.0 Å². The number of rotatable bonds is 7. The number of non-ortho nitro benzene ring substituents is 1. The van der Waals surface area contributed by atoms with Gasteiger partial charge in [-0.25, -0.2) is 4.67 Å². The fraction of sp³-hybridized carbons (Fsp3) is 0.478. The minimum atomic E-state index is -2.64. The second-order valence-corrected chi connectivity index (χ2v) is 22.6. The lowest BCUT2D eigenvalue weighted by Gasteiger charge is -2.39. The average Bonchev–Trinajstić information content (AvgIpc) is 2.97. The fourth-order valence-electron chi connectivity index (χ4n) is 3.99. The summed E-state index contributed by atoms with van der Waals surface area (Å²) >= 11 is 0. The highest BCUT2D eigenvalue weighted by Crippen LogP contribution is 2.73. The highest BCUT2D eigenvalue weighted by molar-refractivity contribution is 7.60. The zero-order valence-corrected chi connectivity index (χ0v) is 23.7. The van der Waals surface area contributed by atoms with E-state index in [1.807, 2.05) is 30.3 Å². The number of nitro benzene ring substituents is 1. The number of likely N-dealkylation sites (N-methyl/N-ethyl adjacent to an activating group) is 1. The van der Waals surface area contributed by atoms with E-state index in [0.29, 0.717) is 0 Å². The lowest BCUT2D eigenvalue weighted by molar-refractivity contribution is -0.384. The summed E-state index contributed by atoms with van der Waals surface area (Å²) in [6.45, 7) is 15.3. The average molecular weight is 506 g/mol. The molecule has 1 aliphatic rings. The van der Waals surface area contributed by atoms with Gasteiger partial charge in [0.1, 0.15) is 11.9 Å². The van der Waals surface area contributed by atoms with Gasteiger partial charge in [0.05, 0.1) is 4.92 Å². The first kappa shape index (κ1) is 26.0. The van der Waals surface area contributed by atoms with Gasteiger partial charge >= 0.3 is 0 Å². The fourth-order valence-corrected chi connectivity index (χ4v) is 13.3. The molecule has 10 heteroatoms. The number of hydrogen-bond donors (Lipinski definition) is 0. The van der Waals surface area contributed by atoms with Gasteiger partial charge in [-0.15, -0.1) is 0 Å². The van der Waals surface area contributed by atoms with Crippen molar-refractivity contribution in [2.24, 2.45) is 4.41 Å². The highest BCUT2D eigenvalue weighted by Gasteiger charge is 2.51. The molecule has 0 radical (unpaired) electrons. The van der Waals surface area contributed by atoms with Gasteiger partial charge < -0.3 is 13.4 Å². The first-order chi connectivity index (χ1) is 15.2. The minimum absolute atomic E-state index is 0.0660. The summed E-state index contributed by atoms with van der Waals surface area (Å²) in [4.78, 5) is 10.9. The van der Waals surface area contributed by atoms with E-state index in [0.717, 1.165) is 11.1 Å². The SMILES string of the molecule is C[C@H]1[C@@H](c2ccccc2)OP(=N[Si](C)(C)C)([C@@H](O[Si](C)(C)C)c2ccc([N+](=O)[O-])cc2)N1C. The maximum absolute atomic E-state index is 11.3.